The first-order valence-corrected chi connectivity index (χ1v) is 7.76. The van der Waals surface area contributed by atoms with E-state index in [9.17, 15) is 8.42 Å². The first-order chi connectivity index (χ1) is 9.54. The van der Waals surface area contributed by atoms with Crippen LogP contribution in [0.2, 0.25) is 0 Å². The molecule has 2 aromatic rings. The Hall–Kier alpha value is -1.70. The highest BCUT2D eigenvalue weighted by Gasteiger charge is 2.18. The molecule has 0 bridgehead atoms. The van der Waals surface area contributed by atoms with Gasteiger partial charge in [0.05, 0.1) is 11.2 Å². The quantitative estimate of drug-likeness (QED) is 0.837. The van der Waals surface area contributed by atoms with Gasteiger partial charge in [0.1, 0.15) is 0 Å². The molecule has 1 aromatic carbocycles. The lowest BCUT2D eigenvalue weighted by Crippen LogP contribution is -2.34. The van der Waals surface area contributed by atoms with Crippen molar-refractivity contribution >= 4 is 26.8 Å². The zero-order valence-electron chi connectivity index (χ0n) is 11.3. The minimum Gasteiger partial charge on any atom is -0.330 e. The predicted octanol–water partition coefficient (Wildman–Crippen LogP) is 1.17. The van der Waals surface area contributed by atoms with Crippen molar-refractivity contribution in [2.24, 2.45) is 5.73 Å². The fourth-order valence-electron chi connectivity index (χ4n) is 1.84. The number of nitrogens with one attached hydrogen (secondary N) is 1. The van der Waals surface area contributed by atoms with Gasteiger partial charge in [-0.05, 0) is 25.1 Å². The highest BCUT2D eigenvalue weighted by Crippen LogP contribution is 2.22. The Labute approximate surface area is 118 Å². The van der Waals surface area contributed by atoms with Crippen LogP contribution >= 0.6 is 0 Å². The van der Waals surface area contributed by atoms with E-state index in [0.29, 0.717) is 30.7 Å². The molecular weight excluding hydrogens is 276 g/mol. The summed E-state index contributed by atoms with van der Waals surface area (Å²) < 4.78 is 28.2. The first-order valence-electron chi connectivity index (χ1n) is 6.32. The summed E-state index contributed by atoms with van der Waals surface area (Å²) in [7, 11) is -2.06. The monoisotopic (exact) mass is 294 g/mol. The number of hydrogen-bond donors (Lipinski definition) is 2. The van der Waals surface area contributed by atoms with E-state index in [0.717, 1.165) is 5.39 Å². The van der Waals surface area contributed by atoms with Crippen LogP contribution in [0.3, 0.4) is 0 Å². The maximum Gasteiger partial charge on any atom is 0.301 e. The van der Waals surface area contributed by atoms with E-state index in [1.54, 1.807) is 18.3 Å². The van der Waals surface area contributed by atoms with E-state index in [1.807, 2.05) is 18.2 Å². The Kier molecular flexibility index (Phi) is 4.53. The number of nitrogens with two attached hydrogens (primary N) is 1. The highest BCUT2D eigenvalue weighted by atomic mass is 32.2. The third-order valence-electron chi connectivity index (χ3n) is 2.96. The minimum absolute atomic E-state index is 0.379. The lowest BCUT2D eigenvalue weighted by atomic mass is 10.2. The van der Waals surface area contributed by atoms with E-state index >= 15 is 0 Å². The maximum atomic E-state index is 12.2. The summed E-state index contributed by atoms with van der Waals surface area (Å²) in [6, 6.07) is 9.08. The Morgan fingerprint density at radius 1 is 1.30 bits per heavy atom. The molecule has 6 nitrogen and oxygen atoms in total. The number of benzene rings is 1. The molecule has 2 rings (SSSR count). The Balaban J connectivity index is 2.27. The Morgan fingerprint density at radius 2 is 2.05 bits per heavy atom. The van der Waals surface area contributed by atoms with Crippen molar-refractivity contribution in [3.8, 4) is 0 Å². The van der Waals surface area contributed by atoms with E-state index in [2.05, 4.69) is 9.71 Å². The van der Waals surface area contributed by atoms with Crippen LogP contribution in [0, 0.1) is 0 Å². The molecule has 20 heavy (non-hydrogen) atoms. The van der Waals surface area contributed by atoms with Gasteiger partial charge in [-0.2, -0.15) is 12.7 Å². The number of rotatable bonds is 6. The minimum atomic E-state index is -3.59. The van der Waals surface area contributed by atoms with Gasteiger partial charge in [0.25, 0.3) is 0 Å². The highest BCUT2D eigenvalue weighted by molar-refractivity contribution is 7.90. The second kappa shape index (κ2) is 6.17. The fourth-order valence-corrected chi connectivity index (χ4v) is 2.81. The molecule has 0 aliphatic carbocycles. The van der Waals surface area contributed by atoms with Crippen LogP contribution in [-0.4, -0.2) is 37.8 Å². The molecule has 7 heteroatoms. The SMILES string of the molecule is CN(CCCN)S(=O)(=O)Nc1cccc2cccnc12. The molecular formula is C13H18N4O2S. The molecule has 0 unspecified atom stereocenters. The van der Waals surface area contributed by atoms with E-state index in [4.69, 9.17) is 5.73 Å². The number of fused-ring (bicyclic) bond motifs is 1. The largest absolute Gasteiger partial charge is 0.330 e. The van der Waals surface area contributed by atoms with Crippen molar-refractivity contribution in [2.75, 3.05) is 24.9 Å². The van der Waals surface area contributed by atoms with Gasteiger partial charge >= 0.3 is 10.2 Å². The van der Waals surface area contributed by atoms with Gasteiger partial charge in [-0.3, -0.25) is 9.71 Å². The molecule has 108 valence electrons. The topological polar surface area (TPSA) is 88.3 Å². The number of aromatic nitrogens is 1. The normalized spacial score (nSPS) is 11.9. The third kappa shape index (κ3) is 3.24. The molecule has 0 aliphatic rings. The van der Waals surface area contributed by atoms with Gasteiger partial charge in [0.15, 0.2) is 0 Å². The summed E-state index contributed by atoms with van der Waals surface area (Å²) in [6.45, 7) is 0.833. The van der Waals surface area contributed by atoms with Crippen molar-refractivity contribution < 1.29 is 8.42 Å². The summed E-state index contributed by atoms with van der Waals surface area (Å²) in [4.78, 5) is 4.22. The zero-order valence-corrected chi connectivity index (χ0v) is 12.1. The molecule has 0 saturated heterocycles. The molecule has 3 N–H and O–H groups in total. The Bertz CT molecular complexity index is 682. The fraction of sp³-hybridized carbons (Fsp3) is 0.308. The average Bonchev–Trinajstić information content (AvgIpc) is 2.44. The molecule has 1 aromatic heterocycles. The first kappa shape index (κ1) is 14.7. The van der Waals surface area contributed by atoms with Gasteiger partial charge in [-0.25, -0.2) is 0 Å². The van der Waals surface area contributed by atoms with E-state index in [-0.39, 0.29) is 0 Å². The number of para-hydroxylation sites is 1. The van der Waals surface area contributed by atoms with Crippen molar-refractivity contribution in [1.29, 1.82) is 0 Å². The number of anilines is 1. The summed E-state index contributed by atoms with van der Waals surface area (Å²) in [5, 5.41) is 0.886. The van der Waals surface area contributed by atoms with E-state index < -0.39 is 10.2 Å². The molecule has 0 amide bonds. The van der Waals surface area contributed by atoms with Crippen LogP contribution < -0.4 is 10.5 Å². The molecule has 0 atom stereocenters. The molecule has 0 spiro atoms. The van der Waals surface area contributed by atoms with Crippen LogP contribution in [0.5, 0.6) is 0 Å². The zero-order chi connectivity index (χ0) is 14.6. The summed E-state index contributed by atoms with van der Waals surface area (Å²) in [6.07, 6.45) is 2.25. The van der Waals surface area contributed by atoms with Crippen LogP contribution in [0.25, 0.3) is 10.9 Å². The molecule has 0 saturated carbocycles. The standard InChI is InChI=1S/C13H18N4O2S/c1-17(10-4-8-14)20(18,19)16-12-7-2-5-11-6-3-9-15-13(11)12/h2-3,5-7,9,16H,4,8,10,14H2,1H3. The van der Waals surface area contributed by atoms with Crippen LogP contribution in [0.15, 0.2) is 36.5 Å². The van der Waals surface area contributed by atoms with Gasteiger partial charge in [-0.15, -0.1) is 0 Å². The van der Waals surface area contributed by atoms with Crippen LogP contribution in [0.1, 0.15) is 6.42 Å². The van der Waals surface area contributed by atoms with Gasteiger partial charge in [0, 0.05) is 25.2 Å². The summed E-state index contributed by atoms with van der Waals surface area (Å²) in [5.74, 6) is 0. The average molecular weight is 294 g/mol. The lowest BCUT2D eigenvalue weighted by Gasteiger charge is -2.18. The summed E-state index contributed by atoms with van der Waals surface area (Å²) in [5.41, 5.74) is 6.50. The van der Waals surface area contributed by atoms with Gasteiger partial charge < -0.3 is 5.73 Å². The number of pyridine rings is 1. The van der Waals surface area contributed by atoms with Crippen molar-refractivity contribution in [2.45, 2.75) is 6.42 Å². The van der Waals surface area contributed by atoms with Crippen molar-refractivity contribution in [1.82, 2.24) is 9.29 Å². The number of nitrogens with zero attached hydrogens (tertiary/aromatic N) is 2. The van der Waals surface area contributed by atoms with E-state index in [1.165, 1.54) is 11.4 Å². The van der Waals surface area contributed by atoms with Gasteiger partial charge in [0.2, 0.25) is 0 Å². The lowest BCUT2D eigenvalue weighted by molar-refractivity contribution is 0.468. The van der Waals surface area contributed by atoms with Crippen molar-refractivity contribution in [3.63, 3.8) is 0 Å². The molecule has 1 heterocycles. The second-order valence-electron chi connectivity index (χ2n) is 4.45. The van der Waals surface area contributed by atoms with Crippen molar-refractivity contribution in [3.05, 3.63) is 36.5 Å². The molecule has 0 fully saturated rings. The Morgan fingerprint density at radius 3 is 2.80 bits per heavy atom. The smallest absolute Gasteiger partial charge is 0.301 e. The predicted molar refractivity (Wildman–Crippen MR) is 80.6 cm³/mol. The number of hydrogen-bond acceptors (Lipinski definition) is 4. The summed E-state index contributed by atoms with van der Waals surface area (Å²) >= 11 is 0. The van der Waals surface area contributed by atoms with Crippen LogP contribution in [-0.2, 0) is 10.2 Å². The molecule has 0 radical (unpaired) electrons. The second-order valence-corrected chi connectivity index (χ2v) is 6.23. The van der Waals surface area contributed by atoms with Gasteiger partial charge in [-0.1, -0.05) is 18.2 Å². The maximum absolute atomic E-state index is 12.2. The third-order valence-corrected chi connectivity index (χ3v) is 4.44. The van der Waals surface area contributed by atoms with Crippen LogP contribution in [0.4, 0.5) is 5.69 Å². The molecule has 0 aliphatic heterocycles.